The third-order valence-corrected chi connectivity index (χ3v) is 3.31. The third kappa shape index (κ3) is 3.56. The van der Waals surface area contributed by atoms with Crippen molar-refractivity contribution < 1.29 is 14.3 Å². The Kier molecular flexibility index (Phi) is 5.09. The predicted molar refractivity (Wildman–Crippen MR) is 78.6 cm³/mol. The first kappa shape index (κ1) is 14.5. The number of hydrogen-bond acceptors (Lipinski definition) is 4. The molecular formula is C15H22N2O3. The van der Waals surface area contributed by atoms with Crippen molar-refractivity contribution in [2.24, 2.45) is 0 Å². The van der Waals surface area contributed by atoms with Crippen molar-refractivity contribution in [1.29, 1.82) is 0 Å². The highest BCUT2D eigenvalue weighted by Gasteiger charge is 2.18. The van der Waals surface area contributed by atoms with Gasteiger partial charge in [0.1, 0.15) is 18.1 Å². The fourth-order valence-electron chi connectivity index (χ4n) is 2.26. The molecule has 0 radical (unpaired) electrons. The largest absolute Gasteiger partial charge is 0.497 e. The minimum absolute atomic E-state index is 0.117. The lowest BCUT2D eigenvalue weighted by Gasteiger charge is -2.31. The van der Waals surface area contributed by atoms with Gasteiger partial charge in [-0.15, -0.1) is 0 Å². The van der Waals surface area contributed by atoms with E-state index in [1.165, 1.54) is 0 Å². The van der Waals surface area contributed by atoms with Gasteiger partial charge in [-0.1, -0.05) is 6.92 Å². The Morgan fingerprint density at radius 1 is 1.50 bits per heavy atom. The molecule has 1 heterocycles. The maximum Gasteiger partial charge on any atom is 0.220 e. The Morgan fingerprint density at radius 3 is 3.10 bits per heavy atom. The van der Waals surface area contributed by atoms with Gasteiger partial charge in [0.15, 0.2) is 0 Å². The zero-order valence-corrected chi connectivity index (χ0v) is 12.1. The number of nitrogens with zero attached hydrogens (tertiary/aromatic N) is 1. The second-order valence-electron chi connectivity index (χ2n) is 4.77. The molecule has 0 saturated heterocycles. The van der Waals surface area contributed by atoms with Crippen LogP contribution in [0.15, 0.2) is 18.2 Å². The van der Waals surface area contributed by atoms with E-state index in [0.29, 0.717) is 19.6 Å². The van der Waals surface area contributed by atoms with Gasteiger partial charge in [-0.2, -0.15) is 0 Å². The van der Waals surface area contributed by atoms with Crippen LogP contribution in [0.5, 0.6) is 11.5 Å². The lowest BCUT2D eigenvalue weighted by Crippen LogP contribution is -2.39. The normalized spacial score (nSPS) is 13.4. The van der Waals surface area contributed by atoms with Crippen molar-refractivity contribution in [3.8, 4) is 11.5 Å². The standard InChI is InChI=1S/C15H22N2O3/c1-3-4-15(18)16-7-8-17-9-10-20-14-6-5-12(19-2)11-13(14)17/h5-6,11H,3-4,7-10H2,1-2H3,(H,16,18). The van der Waals surface area contributed by atoms with Gasteiger partial charge in [0.2, 0.25) is 5.91 Å². The molecule has 1 aliphatic heterocycles. The highest BCUT2D eigenvalue weighted by molar-refractivity contribution is 5.75. The molecule has 1 aromatic carbocycles. The van der Waals surface area contributed by atoms with Crippen molar-refractivity contribution in [3.05, 3.63) is 18.2 Å². The molecule has 0 aromatic heterocycles. The van der Waals surface area contributed by atoms with Crippen LogP contribution < -0.4 is 19.7 Å². The first-order valence-electron chi connectivity index (χ1n) is 7.07. The van der Waals surface area contributed by atoms with Gasteiger partial charge < -0.3 is 19.7 Å². The summed E-state index contributed by atoms with van der Waals surface area (Å²) >= 11 is 0. The summed E-state index contributed by atoms with van der Waals surface area (Å²) in [5.74, 6) is 1.80. The molecule has 110 valence electrons. The summed E-state index contributed by atoms with van der Waals surface area (Å²) in [4.78, 5) is 13.7. The van der Waals surface area contributed by atoms with Crippen molar-refractivity contribution in [2.45, 2.75) is 19.8 Å². The molecule has 2 rings (SSSR count). The highest BCUT2D eigenvalue weighted by Crippen LogP contribution is 2.34. The first-order chi connectivity index (χ1) is 9.74. The molecular weight excluding hydrogens is 256 g/mol. The molecule has 0 atom stereocenters. The number of carbonyl (C=O) groups is 1. The monoisotopic (exact) mass is 278 g/mol. The Morgan fingerprint density at radius 2 is 2.35 bits per heavy atom. The Bertz CT molecular complexity index is 462. The summed E-state index contributed by atoms with van der Waals surface area (Å²) in [7, 11) is 1.65. The quantitative estimate of drug-likeness (QED) is 0.862. The number of anilines is 1. The Hall–Kier alpha value is -1.91. The van der Waals surface area contributed by atoms with E-state index >= 15 is 0 Å². The number of benzene rings is 1. The van der Waals surface area contributed by atoms with Crippen LogP contribution in [0.1, 0.15) is 19.8 Å². The fraction of sp³-hybridized carbons (Fsp3) is 0.533. The van der Waals surface area contributed by atoms with E-state index in [0.717, 1.165) is 36.7 Å². The molecule has 20 heavy (non-hydrogen) atoms. The van der Waals surface area contributed by atoms with E-state index in [2.05, 4.69) is 10.2 Å². The summed E-state index contributed by atoms with van der Waals surface area (Å²) in [5.41, 5.74) is 1.03. The summed E-state index contributed by atoms with van der Waals surface area (Å²) < 4.78 is 10.9. The molecule has 0 fully saturated rings. The molecule has 0 aliphatic carbocycles. The first-order valence-corrected chi connectivity index (χ1v) is 7.07. The molecule has 1 amide bonds. The van der Waals surface area contributed by atoms with E-state index in [1.807, 2.05) is 25.1 Å². The van der Waals surface area contributed by atoms with E-state index < -0.39 is 0 Å². The van der Waals surface area contributed by atoms with Gasteiger partial charge in [0, 0.05) is 25.6 Å². The van der Waals surface area contributed by atoms with Crippen LogP contribution in [0.4, 0.5) is 5.69 Å². The summed E-state index contributed by atoms with van der Waals surface area (Å²) in [5, 5.41) is 2.94. The van der Waals surface area contributed by atoms with Crippen molar-refractivity contribution >= 4 is 11.6 Å². The summed E-state index contributed by atoms with van der Waals surface area (Å²) in [6.07, 6.45) is 1.47. The van der Waals surface area contributed by atoms with Crippen LogP contribution in [0.25, 0.3) is 0 Å². The lowest BCUT2D eigenvalue weighted by molar-refractivity contribution is -0.121. The van der Waals surface area contributed by atoms with Gasteiger partial charge in [-0.25, -0.2) is 0 Å². The maximum absolute atomic E-state index is 11.5. The average molecular weight is 278 g/mol. The smallest absolute Gasteiger partial charge is 0.220 e. The molecule has 1 aromatic rings. The van der Waals surface area contributed by atoms with Crippen LogP contribution in [0.3, 0.4) is 0 Å². The second-order valence-corrected chi connectivity index (χ2v) is 4.77. The van der Waals surface area contributed by atoms with E-state index in [1.54, 1.807) is 7.11 Å². The van der Waals surface area contributed by atoms with Crippen molar-refractivity contribution in [2.75, 3.05) is 38.3 Å². The molecule has 0 unspecified atom stereocenters. The van der Waals surface area contributed by atoms with Gasteiger partial charge in [-0.05, 0) is 18.6 Å². The molecule has 5 nitrogen and oxygen atoms in total. The molecule has 0 saturated carbocycles. The van der Waals surface area contributed by atoms with Crippen LogP contribution in [-0.4, -0.2) is 39.3 Å². The number of ether oxygens (including phenoxy) is 2. The van der Waals surface area contributed by atoms with Crippen LogP contribution in [-0.2, 0) is 4.79 Å². The number of nitrogens with one attached hydrogen (secondary N) is 1. The predicted octanol–water partition coefficient (Wildman–Crippen LogP) is 1.81. The average Bonchev–Trinajstić information content (AvgIpc) is 2.47. The summed E-state index contributed by atoms with van der Waals surface area (Å²) in [6.45, 7) is 4.92. The number of carbonyl (C=O) groups excluding carboxylic acids is 1. The van der Waals surface area contributed by atoms with Gasteiger partial charge in [0.05, 0.1) is 19.3 Å². The fourth-order valence-corrected chi connectivity index (χ4v) is 2.26. The second kappa shape index (κ2) is 7.03. The SMILES string of the molecule is CCCC(=O)NCCN1CCOc2ccc(OC)cc21. The maximum atomic E-state index is 11.5. The minimum atomic E-state index is 0.117. The molecule has 5 heteroatoms. The Balaban J connectivity index is 1.95. The molecule has 0 bridgehead atoms. The zero-order valence-electron chi connectivity index (χ0n) is 12.1. The topological polar surface area (TPSA) is 50.8 Å². The number of rotatable bonds is 6. The molecule has 1 N–H and O–H groups in total. The summed E-state index contributed by atoms with van der Waals surface area (Å²) in [6, 6.07) is 5.80. The van der Waals surface area contributed by atoms with Gasteiger partial charge in [0.25, 0.3) is 0 Å². The lowest BCUT2D eigenvalue weighted by atomic mass is 10.2. The van der Waals surface area contributed by atoms with Crippen LogP contribution in [0, 0.1) is 0 Å². The number of methoxy groups -OCH3 is 1. The van der Waals surface area contributed by atoms with Crippen LogP contribution in [0.2, 0.25) is 0 Å². The third-order valence-electron chi connectivity index (χ3n) is 3.31. The van der Waals surface area contributed by atoms with Crippen molar-refractivity contribution in [3.63, 3.8) is 0 Å². The molecule has 1 aliphatic rings. The highest BCUT2D eigenvalue weighted by atomic mass is 16.5. The van der Waals surface area contributed by atoms with Crippen molar-refractivity contribution in [1.82, 2.24) is 5.32 Å². The number of hydrogen-bond donors (Lipinski definition) is 1. The minimum Gasteiger partial charge on any atom is -0.497 e. The van der Waals surface area contributed by atoms with Crippen LogP contribution >= 0.6 is 0 Å². The Labute approximate surface area is 119 Å². The van der Waals surface area contributed by atoms with E-state index in [-0.39, 0.29) is 5.91 Å². The van der Waals surface area contributed by atoms with E-state index in [9.17, 15) is 4.79 Å². The molecule has 0 spiro atoms. The zero-order chi connectivity index (χ0) is 14.4. The van der Waals surface area contributed by atoms with Gasteiger partial charge >= 0.3 is 0 Å². The van der Waals surface area contributed by atoms with E-state index in [4.69, 9.17) is 9.47 Å². The number of fused-ring (bicyclic) bond motifs is 1. The number of amides is 1. The van der Waals surface area contributed by atoms with Gasteiger partial charge in [-0.3, -0.25) is 4.79 Å².